The fourth-order valence-electron chi connectivity index (χ4n) is 7.61. The van der Waals surface area contributed by atoms with Gasteiger partial charge in [-0.2, -0.15) is 0 Å². The molecule has 8 nitrogen and oxygen atoms in total. The van der Waals surface area contributed by atoms with Crippen molar-refractivity contribution in [2.24, 2.45) is 0 Å². The van der Waals surface area contributed by atoms with Crippen molar-refractivity contribution in [2.45, 2.75) is 54.3 Å². The first-order chi connectivity index (χ1) is 17.3. The van der Waals surface area contributed by atoms with Crippen molar-refractivity contribution in [2.75, 3.05) is 27.8 Å². The van der Waals surface area contributed by atoms with E-state index >= 15 is 0 Å². The van der Waals surface area contributed by atoms with Crippen molar-refractivity contribution in [3.05, 3.63) is 65.2 Å². The number of nitrogens with zero attached hydrogens (tertiary/aromatic N) is 1. The molecule has 6 atom stereocenters. The Balaban J connectivity index is 1.45. The number of carbonyl (C=O) groups is 1. The molecular weight excluding hydrogens is 462 g/mol. The number of rotatable bonds is 5. The zero-order valence-corrected chi connectivity index (χ0v) is 20.6. The molecule has 2 aromatic carbocycles. The van der Waals surface area contributed by atoms with Gasteiger partial charge in [-0.05, 0) is 49.7 Å². The fourth-order valence-corrected chi connectivity index (χ4v) is 7.61. The minimum Gasteiger partial charge on any atom is -0.504 e. The quantitative estimate of drug-likeness (QED) is 0.485. The maximum atomic E-state index is 12.9. The first-order valence-electron chi connectivity index (χ1n) is 12.3. The smallest absolute Gasteiger partial charge is 0.331 e. The number of benzene rings is 2. The number of likely N-dealkylation sites (tertiary alicyclic amines) is 1. The molecule has 0 aromatic heterocycles. The number of phenols is 1. The van der Waals surface area contributed by atoms with E-state index in [1.165, 1.54) is 20.3 Å². The number of aliphatic hydroxyl groups is 1. The minimum absolute atomic E-state index is 0.0697. The van der Waals surface area contributed by atoms with Crippen molar-refractivity contribution >= 4 is 12.0 Å². The van der Waals surface area contributed by atoms with E-state index in [-0.39, 0.29) is 5.75 Å². The summed E-state index contributed by atoms with van der Waals surface area (Å²) in [5.74, 6) is -1.57. The van der Waals surface area contributed by atoms with Crippen LogP contribution in [0.3, 0.4) is 0 Å². The molecule has 8 heteroatoms. The predicted molar refractivity (Wildman–Crippen MR) is 130 cm³/mol. The Morgan fingerprint density at radius 2 is 1.94 bits per heavy atom. The summed E-state index contributed by atoms with van der Waals surface area (Å²) >= 11 is 0. The Hall–Kier alpha value is -2.91. The monoisotopic (exact) mass is 493 g/mol. The van der Waals surface area contributed by atoms with Crippen LogP contribution in [0.2, 0.25) is 0 Å². The first-order valence-corrected chi connectivity index (χ1v) is 12.3. The zero-order valence-electron chi connectivity index (χ0n) is 20.6. The van der Waals surface area contributed by atoms with Crippen LogP contribution in [0.15, 0.2) is 48.5 Å². The molecule has 0 unspecified atom stereocenters. The summed E-state index contributed by atoms with van der Waals surface area (Å²) in [7, 11) is 5.06. The van der Waals surface area contributed by atoms with Gasteiger partial charge in [0, 0.05) is 30.6 Å². The van der Waals surface area contributed by atoms with Crippen molar-refractivity contribution in [1.82, 2.24) is 4.90 Å². The van der Waals surface area contributed by atoms with Gasteiger partial charge in [-0.25, -0.2) is 4.79 Å². The van der Waals surface area contributed by atoms with E-state index in [9.17, 15) is 15.0 Å². The molecule has 190 valence electrons. The maximum Gasteiger partial charge on any atom is 0.331 e. The summed E-state index contributed by atoms with van der Waals surface area (Å²) in [6.07, 6.45) is 2.11. The standard InChI is InChI=1S/C28H31NO7/c1-29-14-13-26-15-21(35-22(30)12-9-17-7-5-4-6-8-17)25(32)28(34-3)27(26,29)16-20(36-28)18-10-11-19(33-2)24(31)23(18)26/h4-12,20-21,25,31-32H,13-16H2,1-3H3/b12-9+/t20-,21-,25-,26-,27-,28+/m0/s1. The van der Waals surface area contributed by atoms with E-state index in [0.29, 0.717) is 31.6 Å². The second-order valence-corrected chi connectivity index (χ2v) is 10.2. The summed E-state index contributed by atoms with van der Waals surface area (Å²) in [6, 6.07) is 13.1. The van der Waals surface area contributed by atoms with Gasteiger partial charge in [-0.3, -0.25) is 4.90 Å². The molecule has 4 aliphatic rings. The number of hydrogen-bond donors (Lipinski definition) is 2. The molecule has 2 aliphatic heterocycles. The van der Waals surface area contributed by atoms with Gasteiger partial charge in [-0.1, -0.05) is 36.4 Å². The van der Waals surface area contributed by atoms with E-state index in [1.54, 1.807) is 12.1 Å². The van der Waals surface area contributed by atoms with Crippen LogP contribution in [0, 0.1) is 0 Å². The fraction of sp³-hybridized carbons (Fsp3) is 0.464. The van der Waals surface area contributed by atoms with Gasteiger partial charge in [0.2, 0.25) is 5.79 Å². The summed E-state index contributed by atoms with van der Waals surface area (Å²) in [5, 5.41) is 23.1. The molecule has 2 heterocycles. The number of carbonyl (C=O) groups excluding carboxylic acids is 1. The van der Waals surface area contributed by atoms with Crippen LogP contribution in [0.4, 0.5) is 0 Å². The summed E-state index contributed by atoms with van der Waals surface area (Å²) in [4.78, 5) is 15.1. The highest BCUT2D eigenvalue weighted by molar-refractivity contribution is 5.87. The highest BCUT2D eigenvalue weighted by Crippen LogP contribution is 2.73. The van der Waals surface area contributed by atoms with E-state index in [4.69, 9.17) is 18.9 Å². The molecule has 2 saturated heterocycles. The third-order valence-corrected chi connectivity index (χ3v) is 8.98. The minimum atomic E-state index is -1.45. The largest absolute Gasteiger partial charge is 0.504 e. The first kappa shape index (κ1) is 23.5. The van der Waals surface area contributed by atoms with Gasteiger partial charge in [0.15, 0.2) is 11.5 Å². The molecule has 2 N–H and O–H groups in total. The third kappa shape index (κ3) is 2.75. The molecule has 2 aromatic rings. The lowest BCUT2D eigenvalue weighted by molar-refractivity contribution is -0.335. The van der Waals surface area contributed by atoms with Gasteiger partial charge in [0.1, 0.15) is 12.2 Å². The van der Waals surface area contributed by atoms with Crippen molar-refractivity contribution in [1.29, 1.82) is 0 Å². The third-order valence-electron chi connectivity index (χ3n) is 8.98. The summed E-state index contributed by atoms with van der Waals surface area (Å²) in [6.45, 7) is 0.707. The second-order valence-electron chi connectivity index (χ2n) is 10.2. The summed E-state index contributed by atoms with van der Waals surface area (Å²) in [5.41, 5.74) is 1.03. The Morgan fingerprint density at radius 1 is 1.17 bits per heavy atom. The van der Waals surface area contributed by atoms with E-state index < -0.39 is 41.0 Å². The number of hydrogen-bond acceptors (Lipinski definition) is 8. The molecule has 0 radical (unpaired) electrons. The number of esters is 1. The van der Waals surface area contributed by atoms with Crippen LogP contribution in [0.1, 0.15) is 42.1 Å². The Labute approximate surface area is 210 Å². The van der Waals surface area contributed by atoms with Gasteiger partial charge in [-0.15, -0.1) is 0 Å². The Bertz CT molecular complexity index is 1230. The molecule has 1 saturated carbocycles. The van der Waals surface area contributed by atoms with Crippen LogP contribution >= 0.6 is 0 Å². The Morgan fingerprint density at radius 3 is 2.67 bits per heavy atom. The average molecular weight is 494 g/mol. The number of ether oxygens (including phenoxy) is 4. The molecule has 3 fully saturated rings. The van der Waals surface area contributed by atoms with Gasteiger partial charge >= 0.3 is 5.97 Å². The average Bonchev–Trinajstić information content (AvgIpc) is 3.39. The van der Waals surface area contributed by atoms with Gasteiger partial charge < -0.3 is 29.2 Å². The number of phenolic OH excluding ortho intramolecular Hbond substituents is 1. The molecule has 0 amide bonds. The van der Waals surface area contributed by atoms with Crippen LogP contribution in [0.5, 0.6) is 11.5 Å². The lowest BCUT2D eigenvalue weighted by Crippen LogP contribution is -2.77. The van der Waals surface area contributed by atoms with Crippen molar-refractivity contribution < 1.29 is 34.0 Å². The van der Waals surface area contributed by atoms with Crippen LogP contribution in [-0.4, -0.2) is 72.4 Å². The van der Waals surface area contributed by atoms with E-state index in [1.807, 2.05) is 43.4 Å². The van der Waals surface area contributed by atoms with Crippen LogP contribution in [0.25, 0.3) is 6.08 Å². The molecule has 1 spiro atoms. The van der Waals surface area contributed by atoms with Gasteiger partial charge in [0.05, 0.1) is 18.8 Å². The van der Waals surface area contributed by atoms with E-state index in [2.05, 4.69) is 4.90 Å². The van der Waals surface area contributed by atoms with Gasteiger partial charge in [0.25, 0.3) is 0 Å². The highest BCUT2D eigenvalue weighted by atomic mass is 16.7. The normalized spacial score (nSPS) is 36.5. The zero-order chi connectivity index (χ0) is 25.3. The molecular formula is C28H31NO7. The lowest BCUT2D eigenvalue weighted by Gasteiger charge is -2.61. The lowest BCUT2D eigenvalue weighted by atomic mass is 9.50. The Kier molecular flexibility index (Phi) is 5.25. The van der Waals surface area contributed by atoms with Crippen molar-refractivity contribution in [3.8, 4) is 11.5 Å². The number of methoxy groups -OCH3 is 2. The maximum absolute atomic E-state index is 12.9. The predicted octanol–water partition coefficient (Wildman–Crippen LogP) is 2.92. The van der Waals surface area contributed by atoms with Crippen LogP contribution in [-0.2, 0) is 24.4 Å². The molecule has 2 aliphatic carbocycles. The highest BCUT2D eigenvalue weighted by Gasteiger charge is 2.82. The second kappa shape index (κ2) is 8.05. The molecule has 2 bridgehead atoms. The summed E-state index contributed by atoms with van der Waals surface area (Å²) < 4.78 is 24.1. The SMILES string of the molecule is COc1ccc2c(c1O)[C@@]13CCN(C)[C@@]14C[C@@H]2O[C@]4(OC)[C@@H](O)[C@@H](OC(=O)/C=C/c1ccccc1)C3. The molecule has 6 rings (SSSR count). The topological polar surface area (TPSA) is 97.7 Å². The number of aromatic hydroxyl groups is 1. The number of likely N-dealkylation sites (N-methyl/N-ethyl adjacent to an activating group) is 1. The molecule has 36 heavy (non-hydrogen) atoms. The number of aliphatic hydroxyl groups excluding tert-OH is 1. The van der Waals surface area contributed by atoms with Crippen LogP contribution < -0.4 is 4.74 Å². The number of fused-ring (bicyclic) bond motifs is 3. The van der Waals surface area contributed by atoms with E-state index in [0.717, 1.165) is 16.7 Å². The van der Waals surface area contributed by atoms with Crippen molar-refractivity contribution in [3.63, 3.8) is 0 Å².